The highest BCUT2D eigenvalue weighted by Crippen LogP contribution is 2.25. The Kier molecular flexibility index (Phi) is 5.48. The summed E-state index contributed by atoms with van der Waals surface area (Å²) in [5.74, 6) is 0.0258. The van der Waals surface area contributed by atoms with Gasteiger partial charge in [0.25, 0.3) is 0 Å². The molecular weight excluding hydrogens is 269 g/mol. The summed E-state index contributed by atoms with van der Waals surface area (Å²) in [7, 11) is 0. The first-order valence-corrected chi connectivity index (χ1v) is 6.85. The van der Waals surface area contributed by atoms with Gasteiger partial charge in [-0.05, 0) is 44.4 Å². The van der Waals surface area contributed by atoms with Crippen LogP contribution in [0, 0.1) is 0 Å². The Morgan fingerprint density at radius 1 is 1.28 bits per heavy atom. The van der Waals surface area contributed by atoms with Gasteiger partial charge in [0.2, 0.25) is 5.91 Å². The van der Waals surface area contributed by atoms with Crippen LogP contribution < -0.4 is 5.32 Å². The van der Waals surface area contributed by atoms with E-state index in [2.05, 4.69) is 5.32 Å². The topological polar surface area (TPSA) is 29.1 Å². The number of hydrogen-bond donors (Lipinski definition) is 1. The van der Waals surface area contributed by atoms with E-state index in [1.54, 1.807) is 18.2 Å². The summed E-state index contributed by atoms with van der Waals surface area (Å²) < 4.78 is 0. The molecule has 0 radical (unpaired) electrons. The van der Waals surface area contributed by atoms with E-state index in [9.17, 15) is 4.79 Å². The predicted molar refractivity (Wildman–Crippen MR) is 77.3 cm³/mol. The molecule has 1 N–H and O–H groups in total. The van der Waals surface area contributed by atoms with Crippen LogP contribution >= 0.6 is 23.2 Å². The average Bonchev–Trinajstić information content (AvgIpc) is 2.28. The molecule has 0 unspecified atom stereocenters. The SMILES string of the molecule is CCC(C)(C)NC(=O)CCc1c(Cl)cccc1Cl. The van der Waals surface area contributed by atoms with Crippen molar-refractivity contribution in [3.8, 4) is 0 Å². The summed E-state index contributed by atoms with van der Waals surface area (Å²) in [5, 5.41) is 4.22. The summed E-state index contributed by atoms with van der Waals surface area (Å²) in [6.45, 7) is 6.06. The molecular formula is C14H19Cl2NO. The van der Waals surface area contributed by atoms with Crippen molar-refractivity contribution in [2.75, 3.05) is 0 Å². The Morgan fingerprint density at radius 3 is 2.33 bits per heavy atom. The maximum atomic E-state index is 11.8. The number of carbonyl (C=O) groups excluding carboxylic acids is 1. The van der Waals surface area contributed by atoms with Crippen molar-refractivity contribution in [2.24, 2.45) is 0 Å². The Balaban J connectivity index is 2.58. The number of carbonyl (C=O) groups is 1. The van der Waals surface area contributed by atoms with Crippen molar-refractivity contribution >= 4 is 29.1 Å². The lowest BCUT2D eigenvalue weighted by Crippen LogP contribution is -2.42. The average molecular weight is 288 g/mol. The highest BCUT2D eigenvalue weighted by molar-refractivity contribution is 6.36. The normalized spacial score (nSPS) is 11.4. The first-order valence-electron chi connectivity index (χ1n) is 6.09. The van der Waals surface area contributed by atoms with Gasteiger partial charge in [0.15, 0.2) is 0 Å². The van der Waals surface area contributed by atoms with Crippen molar-refractivity contribution < 1.29 is 4.79 Å². The van der Waals surface area contributed by atoms with Crippen LogP contribution in [0.15, 0.2) is 18.2 Å². The van der Waals surface area contributed by atoms with Crippen LogP contribution in [0.2, 0.25) is 10.0 Å². The second-order valence-corrected chi connectivity index (χ2v) is 5.80. The fourth-order valence-corrected chi connectivity index (χ4v) is 2.12. The minimum atomic E-state index is -0.165. The third kappa shape index (κ3) is 4.51. The maximum absolute atomic E-state index is 11.8. The highest BCUT2D eigenvalue weighted by atomic mass is 35.5. The third-order valence-electron chi connectivity index (χ3n) is 3.03. The van der Waals surface area contributed by atoms with Gasteiger partial charge in [-0.1, -0.05) is 36.2 Å². The van der Waals surface area contributed by atoms with Crippen LogP contribution in [0.3, 0.4) is 0 Å². The van der Waals surface area contributed by atoms with Crippen molar-refractivity contribution in [1.82, 2.24) is 5.32 Å². The van der Waals surface area contributed by atoms with Gasteiger partial charge < -0.3 is 5.32 Å². The molecule has 100 valence electrons. The second kappa shape index (κ2) is 6.44. The molecule has 0 saturated carbocycles. The molecule has 0 aromatic heterocycles. The molecule has 0 heterocycles. The Morgan fingerprint density at radius 2 is 1.83 bits per heavy atom. The van der Waals surface area contributed by atoms with E-state index in [4.69, 9.17) is 23.2 Å². The summed E-state index contributed by atoms with van der Waals surface area (Å²) in [6.07, 6.45) is 1.85. The molecule has 0 atom stereocenters. The van der Waals surface area contributed by atoms with Crippen LogP contribution in [0.25, 0.3) is 0 Å². The van der Waals surface area contributed by atoms with E-state index in [0.29, 0.717) is 22.9 Å². The first-order chi connectivity index (χ1) is 8.35. The van der Waals surface area contributed by atoms with E-state index >= 15 is 0 Å². The van der Waals surface area contributed by atoms with Crippen molar-refractivity contribution in [3.05, 3.63) is 33.8 Å². The molecule has 0 aliphatic carbocycles. The first kappa shape index (κ1) is 15.3. The lowest BCUT2D eigenvalue weighted by Gasteiger charge is -2.24. The molecule has 0 fully saturated rings. The van der Waals surface area contributed by atoms with Gasteiger partial charge in [-0.15, -0.1) is 0 Å². The van der Waals surface area contributed by atoms with E-state index < -0.39 is 0 Å². The summed E-state index contributed by atoms with van der Waals surface area (Å²) in [6, 6.07) is 5.38. The van der Waals surface area contributed by atoms with Gasteiger partial charge in [0, 0.05) is 22.0 Å². The zero-order chi connectivity index (χ0) is 13.8. The number of nitrogens with one attached hydrogen (secondary N) is 1. The van der Waals surface area contributed by atoms with Crippen molar-refractivity contribution in [1.29, 1.82) is 0 Å². The molecule has 18 heavy (non-hydrogen) atoms. The van der Waals surface area contributed by atoms with Crippen LogP contribution in [-0.4, -0.2) is 11.4 Å². The number of amides is 1. The fourth-order valence-electron chi connectivity index (χ4n) is 1.54. The number of benzene rings is 1. The molecule has 2 nitrogen and oxygen atoms in total. The zero-order valence-corrected chi connectivity index (χ0v) is 12.5. The fraction of sp³-hybridized carbons (Fsp3) is 0.500. The summed E-state index contributed by atoms with van der Waals surface area (Å²) >= 11 is 12.1. The molecule has 1 rings (SSSR count). The molecule has 1 aromatic rings. The molecule has 0 saturated heterocycles. The van der Waals surface area contributed by atoms with Gasteiger partial charge in [0.05, 0.1) is 0 Å². The van der Waals surface area contributed by atoms with E-state index in [-0.39, 0.29) is 11.4 Å². The van der Waals surface area contributed by atoms with Gasteiger partial charge in [-0.25, -0.2) is 0 Å². The minimum Gasteiger partial charge on any atom is -0.351 e. The largest absolute Gasteiger partial charge is 0.351 e. The van der Waals surface area contributed by atoms with Crippen LogP contribution in [0.4, 0.5) is 0 Å². The third-order valence-corrected chi connectivity index (χ3v) is 3.73. The summed E-state index contributed by atoms with van der Waals surface area (Å²) in [5.41, 5.74) is 0.673. The standard InChI is InChI=1S/C14H19Cl2NO/c1-4-14(2,3)17-13(18)9-8-10-11(15)6-5-7-12(10)16/h5-7H,4,8-9H2,1-3H3,(H,17,18). The molecule has 1 aromatic carbocycles. The number of halogens is 2. The number of hydrogen-bond acceptors (Lipinski definition) is 1. The molecule has 4 heteroatoms. The quantitative estimate of drug-likeness (QED) is 0.863. The van der Waals surface area contributed by atoms with Crippen molar-refractivity contribution in [3.63, 3.8) is 0 Å². The van der Waals surface area contributed by atoms with E-state index in [1.165, 1.54) is 0 Å². The lowest BCUT2D eigenvalue weighted by atomic mass is 10.0. The Hall–Kier alpha value is -0.730. The molecule has 1 amide bonds. The van der Waals surface area contributed by atoms with Gasteiger partial charge in [-0.2, -0.15) is 0 Å². The summed E-state index contributed by atoms with van der Waals surface area (Å²) in [4.78, 5) is 11.8. The van der Waals surface area contributed by atoms with Crippen molar-refractivity contribution in [2.45, 2.75) is 45.6 Å². The van der Waals surface area contributed by atoms with Crippen LogP contribution in [0.1, 0.15) is 39.2 Å². The van der Waals surface area contributed by atoms with Gasteiger partial charge in [-0.3, -0.25) is 4.79 Å². The second-order valence-electron chi connectivity index (χ2n) is 4.99. The van der Waals surface area contributed by atoms with Gasteiger partial charge in [0.1, 0.15) is 0 Å². The highest BCUT2D eigenvalue weighted by Gasteiger charge is 2.18. The van der Waals surface area contributed by atoms with Crippen LogP contribution in [-0.2, 0) is 11.2 Å². The maximum Gasteiger partial charge on any atom is 0.220 e. The predicted octanol–water partition coefficient (Wildman–Crippen LogP) is 4.23. The minimum absolute atomic E-state index is 0.0258. The monoisotopic (exact) mass is 287 g/mol. The molecule has 0 spiro atoms. The number of rotatable bonds is 5. The van der Waals surface area contributed by atoms with E-state index in [1.807, 2.05) is 20.8 Å². The van der Waals surface area contributed by atoms with E-state index in [0.717, 1.165) is 12.0 Å². The molecule has 0 bridgehead atoms. The molecule has 0 aliphatic heterocycles. The van der Waals surface area contributed by atoms with Crippen LogP contribution in [0.5, 0.6) is 0 Å². The Bertz CT molecular complexity index is 410. The smallest absolute Gasteiger partial charge is 0.220 e. The Labute approximate surface area is 119 Å². The lowest BCUT2D eigenvalue weighted by molar-refractivity contribution is -0.122. The molecule has 0 aliphatic rings. The zero-order valence-electron chi connectivity index (χ0n) is 11.0. The van der Waals surface area contributed by atoms with Gasteiger partial charge >= 0.3 is 0 Å².